The number of rotatable bonds is 10. The van der Waals surface area contributed by atoms with Crippen molar-refractivity contribution >= 4 is 17.3 Å². The summed E-state index contributed by atoms with van der Waals surface area (Å²) in [6.07, 6.45) is 0. The average Bonchev–Trinajstić information content (AvgIpc) is 2.48. The molecule has 118 valence electrons. The minimum atomic E-state index is -0.274. The van der Waals surface area contributed by atoms with Gasteiger partial charge in [0, 0.05) is 13.2 Å². The number of nitrogen functional groups attached to an aromatic ring is 1. The smallest absolute Gasteiger partial charge is 0.250 e. The van der Waals surface area contributed by atoms with Crippen LogP contribution in [0.4, 0.5) is 11.4 Å². The van der Waals surface area contributed by atoms with Crippen molar-refractivity contribution in [1.29, 1.82) is 0 Å². The van der Waals surface area contributed by atoms with Crippen molar-refractivity contribution in [3.8, 4) is 5.75 Å². The average molecular weight is 298 g/mol. The van der Waals surface area contributed by atoms with Gasteiger partial charge in [0.1, 0.15) is 12.4 Å². The fraction of sp³-hybridized carbons (Fsp3) is 0.500. The lowest BCUT2D eigenvalue weighted by Crippen LogP contribution is -2.20. The molecule has 0 atom stereocenters. The third-order valence-electron chi connectivity index (χ3n) is 2.57. The lowest BCUT2D eigenvalue weighted by Gasteiger charge is -2.10. The number of carbonyl (C=O) groups excluding carboxylic acids is 1. The first-order valence-corrected chi connectivity index (χ1v) is 6.55. The zero-order chi connectivity index (χ0) is 15.5. The highest BCUT2D eigenvalue weighted by Crippen LogP contribution is 2.23. The van der Waals surface area contributed by atoms with Crippen LogP contribution in [0.15, 0.2) is 18.2 Å². The molecule has 0 aliphatic carbocycles. The lowest BCUT2D eigenvalue weighted by atomic mass is 10.2. The van der Waals surface area contributed by atoms with Crippen molar-refractivity contribution in [1.82, 2.24) is 0 Å². The van der Waals surface area contributed by atoms with Crippen molar-refractivity contribution in [2.45, 2.75) is 0 Å². The summed E-state index contributed by atoms with van der Waals surface area (Å²) in [5, 5.41) is 2.67. The Kier molecular flexibility index (Phi) is 8.18. The lowest BCUT2D eigenvalue weighted by molar-refractivity contribution is -0.121. The highest BCUT2D eigenvalue weighted by molar-refractivity contribution is 5.94. The highest BCUT2D eigenvalue weighted by Gasteiger charge is 2.06. The second-order valence-corrected chi connectivity index (χ2v) is 4.16. The van der Waals surface area contributed by atoms with Crippen LogP contribution in [0.3, 0.4) is 0 Å². The fourth-order valence-electron chi connectivity index (χ4n) is 1.49. The van der Waals surface area contributed by atoms with Gasteiger partial charge in [-0.15, -0.1) is 0 Å². The number of hydrogen-bond acceptors (Lipinski definition) is 6. The van der Waals surface area contributed by atoms with E-state index in [2.05, 4.69) is 5.32 Å². The number of hydrogen-bond donors (Lipinski definition) is 2. The summed E-state index contributed by atoms with van der Waals surface area (Å²) in [7, 11) is 3.16. The summed E-state index contributed by atoms with van der Waals surface area (Å²) in [5.74, 6) is 0.360. The molecule has 0 fully saturated rings. The van der Waals surface area contributed by atoms with Gasteiger partial charge in [0.05, 0.1) is 44.9 Å². The van der Waals surface area contributed by atoms with Gasteiger partial charge in [0.2, 0.25) is 5.91 Å². The van der Waals surface area contributed by atoms with E-state index in [4.69, 9.17) is 24.7 Å². The zero-order valence-corrected chi connectivity index (χ0v) is 12.4. The normalized spacial score (nSPS) is 10.4. The number of nitrogens with one attached hydrogen (secondary N) is 1. The van der Waals surface area contributed by atoms with Crippen molar-refractivity contribution in [3.63, 3.8) is 0 Å². The zero-order valence-electron chi connectivity index (χ0n) is 12.4. The van der Waals surface area contributed by atoms with Gasteiger partial charge < -0.3 is 30.0 Å². The largest absolute Gasteiger partial charge is 0.497 e. The molecule has 0 unspecified atom stereocenters. The van der Waals surface area contributed by atoms with Gasteiger partial charge in [-0.05, 0) is 12.1 Å². The minimum absolute atomic E-state index is 0.0564. The molecule has 0 spiro atoms. The third kappa shape index (κ3) is 6.94. The van der Waals surface area contributed by atoms with E-state index in [1.165, 1.54) is 0 Å². The van der Waals surface area contributed by atoms with Crippen LogP contribution in [0.25, 0.3) is 0 Å². The Morgan fingerprint density at radius 2 is 1.86 bits per heavy atom. The molecule has 1 rings (SSSR count). The van der Waals surface area contributed by atoms with Gasteiger partial charge in [-0.1, -0.05) is 0 Å². The summed E-state index contributed by atoms with van der Waals surface area (Å²) < 4.78 is 20.3. The second kappa shape index (κ2) is 9.98. The molecule has 1 aromatic carbocycles. The summed E-state index contributed by atoms with van der Waals surface area (Å²) >= 11 is 0. The molecular formula is C14H22N2O5. The van der Waals surface area contributed by atoms with E-state index in [1.807, 2.05) is 0 Å². The Morgan fingerprint density at radius 1 is 1.14 bits per heavy atom. The first-order chi connectivity index (χ1) is 10.2. The number of nitrogens with two attached hydrogens (primary N) is 1. The standard InChI is InChI=1S/C14H22N2O5/c1-18-5-6-20-7-8-21-10-14(17)16-13-4-3-11(19-2)9-12(13)15/h3-4,9H,5-8,10,15H2,1-2H3,(H,16,17). The van der Waals surface area contributed by atoms with Crippen molar-refractivity contribution in [2.24, 2.45) is 0 Å². The molecule has 0 heterocycles. The summed E-state index contributed by atoms with van der Waals surface area (Å²) in [5.41, 5.74) is 6.76. The van der Waals surface area contributed by atoms with Crippen molar-refractivity contribution in [3.05, 3.63) is 18.2 Å². The maximum atomic E-state index is 11.7. The quantitative estimate of drug-likeness (QED) is 0.492. The first-order valence-electron chi connectivity index (χ1n) is 6.55. The van der Waals surface area contributed by atoms with Crippen molar-refractivity contribution in [2.75, 3.05) is 58.3 Å². The molecule has 0 aliphatic heterocycles. The molecule has 0 aromatic heterocycles. The second-order valence-electron chi connectivity index (χ2n) is 4.16. The number of methoxy groups -OCH3 is 2. The van der Waals surface area contributed by atoms with Gasteiger partial charge in [0.25, 0.3) is 0 Å². The molecule has 1 amide bonds. The Balaban J connectivity index is 2.21. The summed E-state index contributed by atoms with van der Waals surface area (Å²) in [6.45, 7) is 1.75. The Hall–Kier alpha value is -1.83. The molecule has 0 aliphatic rings. The van der Waals surface area contributed by atoms with Gasteiger partial charge >= 0.3 is 0 Å². The van der Waals surface area contributed by atoms with E-state index >= 15 is 0 Å². The van der Waals surface area contributed by atoms with Gasteiger partial charge in [0.15, 0.2) is 0 Å². The first kappa shape index (κ1) is 17.2. The van der Waals surface area contributed by atoms with Gasteiger partial charge in [-0.3, -0.25) is 4.79 Å². The number of ether oxygens (including phenoxy) is 4. The van der Waals surface area contributed by atoms with E-state index in [1.54, 1.807) is 32.4 Å². The molecule has 0 saturated carbocycles. The predicted octanol–water partition coefficient (Wildman–Crippen LogP) is 0.895. The number of amides is 1. The molecular weight excluding hydrogens is 276 g/mol. The Labute approximate surface area is 124 Å². The maximum absolute atomic E-state index is 11.7. The van der Waals surface area contributed by atoms with Crippen LogP contribution in [0.1, 0.15) is 0 Å². The van der Waals surface area contributed by atoms with E-state index in [0.29, 0.717) is 43.6 Å². The SMILES string of the molecule is COCCOCCOCC(=O)Nc1ccc(OC)cc1N. The fourth-order valence-corrected chi connectivity index (χ4v) is 1.49. The van der Waals surface area contributed by atoms with Crippen LogP contribution < -0.4 is 15.8 Å². The van der Waals surface area contributed by atoms with Gasteiger partial charge in [-0.2, -0.15) is 0 Å². The van der Waals surface area contributed by atoms with Crippen LogP contribution in [-0.4, -0.2) is 53.2 Å². The third-order valence-corrected chi connectivity index (χ3v) is 2.57. The van der Waals surface area contributed by atoms with Crippen LogP contribution in [0.2, 0.25) is 0 Å². The molecule has 7 nitrogen and oxygen atoms in total. The molecule has 1 aromatic rings. The van der Waals surface area contributed by atoms with Crippen LogP contribution in [0.5, 0.6) is 5.75 Å². The summed E-state index contributed by atoms with van der Waals surface area (Å²) in [4.78, 5) is 11.7. The van der Waals surface area contributed by atoms with E-state index in [-0.39, 0.29) is 12.5 Å². The molecule has 0 radical (unpaired) electrons. The number of carbonyl (C=O) groups is 1. The molecule has 3 N–H and O–H groups in total. The molecule has 7 heteroatoms. The number of anilines is 2. The van der Waals surface area contributed by atoms with Crippen LogP contribution >= 0.6 is 0 Å². The molecule has 0 bridgehead atoms. The van der Waals surface area contributed by atoms with Crippen LogP contribution in [0, 0.1) is 0 Å². The molecule has 0 saturated heterocycles. The number of benzene rings is 1. The summed E-state index contributed by atoms with van der Waals surface area (Å²) in [6, 6.07) is 5.04. The Morgan fingerprint density at radius 3 is 2.52 bits per heavy atom. The van der Waals surface area contributed by atoms with Crippen molar-refractivity contribution < 1.29 is 23.7 Å². The van der Waals surface area contributed by atoms with Gasteiger partial charge in [-0.25, -0.2) is 0 Å². The molecule has 21 heavy (non-hydrogen) atoms. The predicted molar refractivity (Wildman–Crippen MR) is 79.6 cm³/mol. The van der Waals surface area contributed by atoms with E-state index < -0.39 is 0 Å². The monoisotopic (exact) mass is 298 g/mol. The maximum Gasteiger partial charge on any atom is 0.250 e. The van der Waals surface area contributed by atoms with Crippen LogP contribution in [-0.2, 0) is 19.0 Å². The van der Waals surface area contributed by atoms with E-state index in [0.717, 1.165) is 0 Å². The topological polar surface area (TPSA) is 92.0 Å². The minimum Gasteiger partial charge on any atom is -0.497 e. The highest BCUT2D eigenvalue weighted by atomic mass is 16.5. The van der Waals surface area contributed by atoms with E-state index in [9.17, 15) is 4.79 Å². The Bertz CT molecular complexity index is 439.